The van der Waals surface area contributed by atoms with E-state index in [0.29, 0.717) is 10.3 Å². The highest BCUT2D eigenvalue weighted by molar-refractivity contribution is 7.99. The molecule has 2 N–H and O–H groups in total. The third-order valence-corrected chi connectivity index (χ3v) is 6.72. The van der Waals surface area contributed by atoms with Gasteiger partial charge in [0.2, 0.25) is 5.91 Å². The van der Waals surface area contributed by atoms with Gasteiger partial charge < -0.3 is 10.3 Å². The molecule has 28 heavy (non-hydrogen) atoms. The number of hydrogen-bond donors (Lipinski definition) is 2. The van der Waals surface area contributed by atoms with Gasteiger partial charge in [0.15, 0.2) is 10.3 Å². The third kappa shape index (κ3) is 3.49. The third-order valence-electron chi connectivity index (χ3n) is 5.15. The second-order valence-corrected chi connectivity index (χ2v) is 8.88. The van der Waals surface area contributed by atoms with Crippen molar-refractivity contribution < 1.29 is 4.79 Å². The summed E-state index contributed by atoms with van der Waals surface area (Å²) in [6.45, 7) is 4.22. The maximum absolute atomic E-state index is 13.0. The molecule has 1 aliphatic rings. The first-order valence-electron chi connectivity index (χ1n) is 9.05. The van der Waals surface area contributed by atoms with E-state index in [9.17, 15) is 9.59 Å². The minimum atomic E-state index is -0.254. The molecule has 4 rings (SSSR count). The predicted octanol–water partition coefficient (Wildman–Crippen LogP) is 3.85. The number of aromatic nitrogens is 3. The Morgan fingerprint density at radius 3 is 2.96 bits per heavy atom. The van der Waals surface area contributed by atoms with Gasteiger partial charge in [-0.15, -0.1) is 11.3 Å². The van der Waals surface area contributed by atoms with Crippen LogP contribution in [0.15, 0.2) is 45.8 Å². The second kappa shape index (κ2) is 7.52. The Morgan fingerprint density at radius 1 is 1.39 bits per heavy atom. The summed E-state index contributed by atoms with van der Waals surface area (Å²) >= 11 is 2.58. The first kappa shape index (κ1) is 18.9. The molecule has 1 amide bonds. The van der Waals surface area contributed by atoms with Gasteiger partial charge in [0.05, 0.1) is 11.4 Å². The van der Waals surface area contributed by atoms with E-state index >= 15 is 0 Å². The van der Waals surface area contributed by atoms with Crippen molar-refractivity contribution in [2.75, 3.05) is 11.1 Å². The van der Waals surface area contributed by atoms with Gasteiger partial charge in [-0.05, 0) is 18.4 Å². The molecule has 3 aromatic rings. The van der Waals surface area contributed by atoms with E-state index in [0.717, 1.165) is 29.7 Å². The van der Waals surface area contributed by atoms with Crippen molar-refractivity contribution in [2.45, 2.75) is 37.3 Å². The van der Waals surface area contributed by atoms with Gasteiger partial charge in [-0.2, -0.15) is 0 Å². The lowest BCUT2D eigenvalue weighted by molar-refractivity contribution is -0.113. The number of hydrogen-bond acceptors (Lipinski definition) is 6. The first-order chi connectivity index (χ1) is 13.5. The molecular formula is C20H20N4O2S2. The molecule has 1 unspecified atom stereocenters. The van der Waals surface area contributed by atoms with Crippen molar-refractivity contribution in [3.8, 4) is 11.3 Å². The van der Waals surface area contributed by atoms with Crippen LogP contribution in [0.1, 0.15) is 31.4 Å². The summed E-state index contributed by atoms with van der Waals surface area (Å²) in [7, 11) is 0. The Kier molecular flexibility index (Phi) is 5.07. The number of anilines is 1. The summed E-state index contributed by atoms with van der Waals surface area (Å²) in [5.74, 6) is -0.0345. The summed E-state index contributed by atoms with van der Waals surface area (Å²) in [6.07, 6.45) is 3.31. The van der Waals surface area contributed by atoms with Crippen molar-refractivity contribution in [1.82, 2.24) is 15.0 Å². The predicted molar refractivity (Wildman–Crippen MR) is 113 cm³/mol. The van der Waals surface area contributed by atoms with Crippen molar-refractivity contribution in [3.63, 3.8) is 0 Å². The summed E-state index contributed by atoms with van der Waals surface area (Å²) < 4.78 is 0. The van der Waals surface area contributed by atoms with E-state index in [-0.39, 0.29) is 22.6 Å². The van der Waals surface area contributed by atoms with Crippen molar-refractivity contribution in [3.05, 3.63) is 57.3 Å². The zero-order valence-electron chi connectivity index (χ0n) is 15.6. The molecule has 1 atom stereocenters. The fourth-order valence-corrected chi connectivity index (χ4v) is 4.77. The zero-order chi connectivity index (χ0) is 19.7. The minimum absolute atomic E-state index is 0.119. The number of nitrogens with zero attached hydrogens (tertiary/aromatic N) is 2. The fraction of sp³-hybridized carbons (Fsp3) is 0.300. The van der Waals surface area contributed by atoms with Gasteiger partial charge in [-0.3, -0.25) is 9.59 Å². The number of H-pyrrole nitrogens is 1. The number of carbonyl (C=O) groups is 1. The molecule has 8 heteroatoms. The Balaban J connectivity index is 1.65. The average molecular weight is 413 g/mol. The van der Waals surface area contributed by atoms with Gasteiger partial charge in [-0.25, -0.2) is 9.97 Å². The van der Waals surface area contributed by atoms with Crippen molar-refractivity contribution >= 4 is 34.1 Å². The summed E-state index contributed by atoms with van der Waals surface area (Å²) in [6, 6.07) is 8.10. The molecule has 0 spiro atoms. The maximum Gasteiger partial charge on any atom is 0.255 e. The van der Waals surface area contributed by atoms with Crippen LogP contribution in [0.4, 0.5) is 5.13 Å². The van der Waals surface area contributed by atoms with E-state index in [2.05, 4.69) is 35.2 Å². The number of nitrogens with one attached hydrogen (secondary N) is 2. The summed E-state index contributed by atoms with van der Waals surface area (Å²) in [5, 5.41) is 5.55. The van der Waals surface area contributed by atoms with E-state index in [4.69, 9.17) is 4.98 Å². The molecule has 6 nitrogen and oxygen atoms in total. The topological polar surface area (TPSA) is 87.7 Å². The van der Waals surface area contributed by atoms with E-state index in [1.165, 1.54) is 28.7 Å². The lowest BCUT2D eigenvalue weighted by Crippen LogP contribution is -2.36. The van der Waals surface area contributed by atoms with Gasteiger partial charge in [0.25, 0.3) is 5.56 Å². The number of benzene rings is 1. The highest BCUT2D eigenvalue weighted by Crippen LogP contribution is 2.42. The molecule has 1 aromatic carbocycles. The number of thiazole rings is 1. The van der Waals surface area contributed by atoms with Crippen LogP contribution >= 0.6 is 23.1 Å². The van der Waals surface area contributed by atoms with E-state index < -0.39 is 0 Å². The van der Waals surface area contributed by atoms with Crippen LogP contribution in [0.5, 0.6) is 0 Å². The molecule has 0 bridgehead atoms. The number of amides is 1. The Bertz CT molecular complexity index is 1080. The van der Waals surface area contributed by atoms with Crippen molar-refractivity contribution in [1.29, 1.82) is 0 Å². The molecule has 144 valence electrons. The molecule has 0 radical (unpaired) electrons. The first-order valence-corrected chi connectivity index (χ1v) is 10.9. The molecule has 0 saturated heterocycles. The molecular weight excluding hydrogens is 392 g/mol. The SMILES string of the molecule is CCC1(C)Cc2ccccc2-c2nc(SCC(=O)Nc3nccs3)[nH]c(=O)c21. The van der Waals surface area contributed by atoms with E-state index in [1.54, 1.807) is 11.6 Å². The molecule has 2 aromatic heterocycles. The molecule has 0 saturated carbocycles. The normalized spacial score (nSPS) is 17.6. The number of fused-ring (bicyclic) bond motifs is 3. The second-order valence-electron chi connectivity index (χ2n) is 7.02. The monoisotopic (exact) mass is 412 g/mol. The van der Waals surface area contributed by atoms with Crippen LogP contribution in [0.3, 0.4) is 0 Å². The quantitative estimate of drug-likeness (QED) is 0.491. The molecule has 2 heterocycles. The van der Waals surface area contributed by atoms with E-state index in [1.807, 2.05) is 18.2 Å². The molecule has 1 aliphatic carbocycles. The van der Waals surface area contributed by atoms with Crippen LogP contribution in [-0.4, -0.2) is 26.6 Å². The summed E-state index contributed by atoms with van der Waals surface area (Å²) in [4.78, 5) is 36.7. The minimum Gasteiger partial charge on any atom is -0.301 e. The van der Waals surface area contributed by atoms with Gasteiger partial charge in [0, 0.05) is 28.1 Å². The smallest absolute Gasteiger partial charge is 0.255 e. The van der Waals surface area contributed by atoms with Gasteiger partial charge >= 0.3 is 0 Å². The highest BCUT2D eigenvalue weighted by Gasteiger charge is 2.37. The lowest BCUT2D eigenvalue weighted by atomic mass is 9.69. The number of carbonyl (C=O) groups excluding carboxylic acids is 1. The van der Waals surface area contributed by atoms with Crippen LogP contribution in [-0.2, 0) is 16.6 Å². The number of aromatic amines is 1. The molecule has 0 aliphatic heterocycles. The van der Waals surface area contributed by atoms with Gasteiger partial charge in [0.1, 0.15) is 0 Å². The van der Waals surface area contributed by atoms with Crippen LogP contribution < -0.4 is 10.9 Å². The van der Waals surface area contributed by atoms with Crippen LogP contribution in [0.2, 0.25) is 0 Å². The zero-order valence-corrected chi connectivity index (χ0v) is 17.2. The number of thioether (sulfide) groups is 1. The van der Waals surface area contributed by atoms with Crippen LogP contribution in [0, 0.1) is 0 Å². The Morgan fingerprint density at radius 2 is 2.21 bits per heavy atom. The number of rotatable bonds is 5. The molecule has 0 fully saturated rings. The van der Waals surface area contributed by atoms with Crippen molar-refractivity contribution in [2.24, 2.45) is 0 Å². The average Bonchev–Trinajstić information content (AvgIpc) is 3.19. The summed E-state index contributed by atoms with van der Waals surface area (Å²) in [5.41, 5.74) is 3.31. The standard InChI is InChI=1S/C20H20N4O2S2/c1-3-20(2)10-12-6-4-5-7-13(12)16-15(20)17(26)24-19(23-16)28-11-14(25)22-18-21-8-9-27-18/h4-9H,3,10-11H2,1-2H3,(H,21,22,25)(H,23,24,26). The highest BCUT2D eigenvalue weighted by atomic mass is 32.2. The maximum atomic E-state index is 13.0. The van der Waals surface area contributed by atoms with Crippen LogP contribution in [0.25, 0.3) is 11.3 Å². The largest absolute Gasteiger partial charge is 0.301 e. The fourth-order valence-electron chi connectivity index (χ4n) is 3.57. The Hall–Kier alpha value is -2.45. The lowest BCUT2D eigenvalue weighted by Gasteiger charge is -2.34. The van der Waals surface area contributed by atoms with Gasteiger partial charge in [-0.1, -0.05) is 49.9 Å². The Labute approximate surface area is 170 Å².